The molecule has 186 valence electrons. The molecule has 0 aromatic carbocycles. The van der Waals surface area contributed by atoms with Crippen molar-refractivity contribution in [3.05, 3.63) is 33.5 Å². The Morgan fingerprint density at radius 2 is 1.88 bits per heavy atom. The van der Waals surface area contributed by atoms with Gasteiger partial charge in [0.15, 0.2) is 0 Å². The van der Waals surface area contributed by atoms with Gasteiger partial charge in [-0.05, 0) is 138 Å². The second-order valence-corrected chi connectivity index (χ2v) is 15.7. The summed E-state index contributed by atoms with van der Waals surface area (Å²) < 4.78 is 3.65. The first-order valence-corrected chi connectivity index (χ1v) is 16.6. The highest BCUT2D eigenvalue weighted by molar-refractivity contribution is 14.2. The maximum Gasteiger partial charge on any atom is 0.0996 e. The van der Waals surface area contributed by atoms with Crippen molar-refractivity contribution < 1.29 is 0 Å². The van der Waals surface area contributed by atoms with Crippen LogP contribution in [0.5, 0.6) is 0 Å². The van der Waals surface area contributed by atoms with E-state index in [1.54, 1.807) is 0 Å². The van der Waals surface area contributed by atoms with Gasteiger partial charge in [0.05, 0.1) is 11.6 Å². The van der Waals surface area contributed by atoms with E-state index in [4.69, 9.17) is 0 Å². The Balaban J connectivity index is 1.29. The van der Waals surface area contributed by atoms with E-state index in [1.165, 1.54) is 79.8 Å². The van der Waals surface area contributed by atoms with E-state index < -0.39 is 0 Å². The molecule has 0 amide bonds. The molecule has 34 heavy (non-hydrogen) atoms. The molecule has 1 nitrogen and oxygen atoms in total. The molecule has 0 spiro atoms. The highest BCUT2D eigenvalue weighted by atomic mass is 127. The predicted molar refractivity (Wildman–Crippen MR) is 154 cm³/mol. The van der Waals surface area contributed by atoms with Crippen molar-refractivity contribution in [2.24, 2.45) is 52.3 Å². The van der Waals surface area contributed by atoms with E-state index in [-0.39, 0.29) is 20.7 Å². The monoisotopic (exact) mass is 571 g/mol. The molecule has 2 heteroatoms. The minimum Gasteiger partial charge on any atom is -0.192 e. The van der Waals surface area contributed by atoms with Crippen molar-refractivity contribution in [1.29, 1.82) is 5.26 Å². The topological polar surface area (TPSA) is 23.8 Å². The molecule has 4 saturated carbocycles. The van der Waals surface area contributed by atoms with Gasteiger partial charge >= 0.3 is 0 Å². The lowest BCUT2D eigenvalue weighted by atomic mass is 9.47. The number of hydrogen-bond donors (Lipinski definition) is 0. The third-order valence-electron chi connectivity index (χ3n) is 11.6. The van der Waals surface area contributed by atoms with Crippen LogP contribution in [-0.2, 0) is 0 Å². The Hall–Kier alpha value is -0.690. The highest BCUT2D eigenvalue weighted by Gasteiger charge is 2.58. The minimum absolute atomic E-state index is 0.212. The normalized spacial score (nSPS) is 44.3. The van der Waals surface area contributed by atoms with Crippen LogP contribution >= 0.6 is 20.7 Å². The Kier molecular flexibility index (Phi) is 7.09. The molecular weight excluding hydrogens is 525 g/mol. The first-order chi connectivity index (χ1) is 16.3. The molecule has 0 aromatic heterocycles. The first-order valence-electron chi connectivity index (χ1n) is 14.3. The number of rotatable bonds is 5. The number of halogens is 1. The summed E-state index contributed by atoms with van der Waals surface area (Å²) in [5, 5.41) is 9.19. The van der Waals surface area contributed by atoms with Crippen LogP contribution in [0.15, 0.2) is 33.5 Å². The van der Waals surface area contributed by atoms with Gasteiger partial charge in [-0.3, -0.25) is 0 Å². The van der Waals surface area contributed by atoms with Crippen LogP contribution in [-0.4, -0.2) is 4.01 Å². The van der Waals surface area contributed by atoms with E-state index in [2.05, 4.69) is 50.4 Å². The fraction of sp³-hybridized carbons (Fsp3) is 0.750. The van der Waals surface area contributed by atoms with Crippen molar-refractivity contribution in [1.82, 2.24) is 0 Å². The number of hydrogen-bond acceptors (Lipinski definition) is 1. The minimum atomic E-state index is -0.212. The van der Waals surface area contributed by atoms with Crippen LogP contribution in [0.2, 0.25) is 0 Å². The van der Waals surface area contributed by atoms with Gasteiger partial charge in [0.25, 0.3) is 0 Å². The molecule has 5 aliphatic rings. The summed E-state index contributed by atoms with van der Waals surface area (Å²) >= 11 is -0.212. The summed E-state index contributed by atoms with van der Waals surface area (Å²) in [7, 11) is 0. The van der Waals surface area contributed by atoms with Crippen molar-refractivity contribution in [3.8, 4) is 6.07 Å². The van der Waals surface area contributed by atoms with Crippen LogP contribution in [0.25, 0.3) is 0 Å². The standard InChI is InChI=1S/C32H46IN/c1-6-15-31(4)16-13-25-24(18-31)8-9-27-26(25)14-17-32(5)28(10-11-29(27)32)21(2)22(3)30-12-7-23(20-34)19-33-30/h7,12,19,21,24-29H,3,6,8-11,13-18H2,1-2,4-5H3/t21-,24+,25-,26+,27+,28+,29-,31-,32+/m0/s1. The molecule has 9 atom stereocenters. The van der Waals surface area contributed by atoms with Crippen molar-refractivity contribution in [2.45, 2.75) is 98.3 Å². The number of nitrogens with zero attached hydrogens (tertiary/aromatic N) is 1. The summed E-state index contributed by atoms with van der Waals surface area (Å²) in [6, 6.07) is 2.31. The van der Waals surface area contributed by atoms with Crippen LogP contribution < -0.4 is 0 Å². The van der Waals surface area contributed by atoms with Gasteiger partial charge in [0.1, 0.15) is 0 Å². The molecule has 4 fully saturated rings. The average molecular weight is 572 g/mol. The van der Waals surface area contributed by atoms with Gasteiger partial charge < -0.3 is 0 Å². The van der Waals surface area contributed by atoms with Crippen molar-refractivity contribution in [2.75, 3.05) is 0 Å². The zero-order chi connectivity index (χ0) is 24.1. The molecule has 1 aliphatic heterocycles. The molecule has 0 saturated heterocycles. The lowest BCUT2D eigenvalue weighted by Crippen LogP contribution is -2.50. The zero-order valence-electron chi connectivity index (χ0n) is 22.1. The third kappa shape index (κ3) is 4.25. The Morgan fingerprint density at radius 1 is 1.09 bits per heavy atom. The Labute approximate surface area is 219 Å². The second-order valence-electron chi connectivity index (χ2n) is 13.2. The van der Waals surface area contributed by atoms with Gasteiger partial charge in [-0.15, -0.1) is 0 Å². The van der Waals surface area contributed by atoms with Gasteiger partial charge in [-0.2, -0.15) is 5.26 Å². The number of allylic oxidation sites excluding steroid dienone is 5. The molecule has 5 rings (SSSR count). The summed E-state index contributed by atoms with van der Waals surface area (Å²) in [4.78, 5) is 0. The molecule has 0 radical (unpaired) electrons. The smallest absolute Gasteiger partial charge is 0.0996 e. The Bertz CT molecular complexity index is 949. The van der Waals surface area contributed by atoms with Crippen LogP contribution in [0.4, 0.5) is 0 Å². The summed E-state index contributed by atoms with van der Waals surface area (Å²) in [6.45, 7) is 14.8. The fourth-order valence-corrected chi connectivity index (χ4v) is 12.2. The molecule has 0 N–H and O–H groups in total. The molecule has 4 aliphatic carbocycles. The molecule has 0 bridgehead atoms. The molecular formula is C32H46IN. The van der Waals surface area contributed by atoms with Crippen molar-refractivity contribution in [3.63, 3.8) is 0 Å². The maximum atomic E-state index is 9.19. The number of fused-ring (bicyclic) bond motifs is 5. The second kappa shape index (κ2) is 9.64. The lowest BCUT2D eigenvalue weighted by molar-refractivity contribution is -0.0820. The van der Waals surface area contributed by atoms with Crippen LogP contribution in [0.3, 0.4) is 0 Å². The quantitative estimate of drug-likeness (QED) is 0.302. The van der Waals surface area contributed by atoms with E-state index in [0.717, 1.165) is 41.1 Å². The maximum absolute atomic E-state index is 9.19. The fourth-order valence-electron chi connectivity index (χ4n) is 9.93. The van der Waals surface area contributed by atoms with Gasteiger partial charge in [-0.25, -0.2) is 0 Å². The summed E-state index contributed by atoms with van der Waals surface area (Å²) in [5.41, 5.74) is 3.37. The predicted octanol–water partition coefficient (Wildman–Crippen LogP) is 9.37. The molecule has 0 unspecified atom stereocenters. The van der Waals surface area contributed by atoms with E-state index in [0.29, 0.717) is 16.7 Å². The van der Waals surface area contributed by atoms with Gasteiger partial charge in [0.2, 0.25) is 0 Å². The Morgan fingerprint density at radius 3 is 2.59 bits per heavy atom. The van der Waals surface area contributed by atoms with Crippen LogP contribution in [0, 0.1) is 63.6 Å². The molecule has 0 aromatic rings. The van der Waals surface area contributed by atoms with E-state index in [9.17, 15) is 5.26 Å². The lowest BCUT2D eigenvalue weighted by Gasteiger charge is -2.58. The summed E-state index contributed by atoms with van der Waals surface area (Å²) in [5.74, 6) is 6.39. The zero-order valence-corrected chi connectivity index (χ0v) is 24.2. The SMILES string of the molecule is C=C(C1=CC=C(C#N)C=I1)[C@H](C)[C@H]1CC[C@H]2[C@@H]3CC[C@@H]4C[C@@](C)(CCC)CC[C@@H]4[C@H]3CC[C@]12C. The first kappa shape index (κ1) is 25.0. The number of nitriles is 1. The van der Waals surface area contributed by atoms with Gasteiger partial charge in [-0.1, -0.05) is 61.4 Å². The largest absolute Gasteiger partial charge is 0.192 e. The molecule has 1 heterocycles. The highest BCUT2D eigenvalue weighted by Crippen LogP contribution is 2.66. The average Bonchev–Trinajstić information content (AvgIpc) is 3.20. The van der Waals surface area contributed by atoms with Gasteiger partial charge in [0, 0.05) is 3.58 Å². The van der Waals surface area contributed by atoms with E-state index >= 15 is 0 Å². The third-order valence-corrected chi connectivity index (χ3v) is 14.3. The summed E-state index contributed by atoms with van der Waals surface area (Å²) in [6.07, 6.45) is 20.4. The van der Waals surface area contributed by atoms with E-state index in [1.807, 2.05) is 6.08 Å². The van der Waals surface area contributed by atoms with Crippen molar-refractivity contribution >= 4 is 24.7 Å². The van der Waals surface area contributed by atoms with Crippen LogP contribution in [0.1, 0.15) is 98.3 Å².